The summed E-state index contributed by atoms with van der Waals surface area (Å²) in [5.41, 5.74) is 5.33. The third-order valence-corrected chi connectivity index (χ3v) is 3.83. The van der Waals surface area contributed by atoms with E-state index in [1.165, 1.54) is 0 Å². The first kappa shape index (κ1) is 14.7. The molecule has 98 valence electrons. The van der Waals surface area contributed by atoms with Crippen LogP contribution >= 0.6 is 22.6 Å². The predicted molar refractivity (Wildman–Crippen MR) is 78.7 cm³/mol. The molecule has 0 fully saturated rings. The van der Waals surface area contributed by atoms with Crippen LogP contribution in [0.3, 0.4) is 0 Å². The van der Waals surface area contributed by atoms with Gasteiger partial charge in [0.15, 0.2) is 5.84 Å². The summed E-state index contributed by atoms with van der Waals surface area (Å²) in [6.07, 6.45) is 0.526. The Bertz CT molecular complexity index is 476. The van der Waals surface area contributed by atoms with Gasteiger partial charge in [0.05, 0.1) is 11.1 Å². The molecule has 0 spiro atoms. The molecule has 1 atom stereocenters. The van der Waals surface area contributed by atoms with E-state index < -0.39 is 5.54 Å². The zero-order chi connectivity index (χ0) is 13.8. The van der Waals surface area contributed by atoms with Crippen LogP contribution in [-0.4, -0.2) is 22.5 Å². The molecular weight excluding hydrogens is 345 g/mol. The molecular formula is C12H16IN3O2. The monoisotopic (exact) mass is 361 g/mol. The van der Waals surface area contributed by atoms with Crippen molar-refractivity contribution in [3.05, 3.63) is 33.4 Å². The van der Waals surface area contributed by atoms with Crippen LogP contribution in [0.4, 0.5) is 0 Å². The summed E-state index contributed by atoms with van der Waals surface area (Å²) in [5.74, 6) is -0.250. The van der Waals surface area contributed by atoms with Crippen LogP contribution in [0.1, 0.15) is 30.6 Å². The second-order valence-electron chi connectivity index (χ2n) is 4.10. The Balaban J connectivity index is 2.97. The first-order valence-corrected chi connectivity index (χ1v) is 6.57. The number of carbonyl (C=O) groups excluding carboxylic acids is 1. The van der Waals surface area contributed by atoms with Crippen LogP contribution < -0.4 is 11.1 Å². The average Bonchev–Trinajstić information content (AvgIpc) is 2.37. The molecule has 0 aliphatic heterocycles. The molecule has 0 heterocycles. The van der Waals surface area contributed by atoms with Crippen molar-refractivity contribution in [1.82, 2.24) is 5.32 Å². The Morgan fingerprint density at radius 3 is 2.67 bits per heavy atom. The van der Waals surface area contributed by atoms with Gasteiger partial charge < -0.3 is 16.3 Å². The molecule has 1 rings (SSSR count). The van der Waals surface area contributed by atoms with Crippen LogP contribution in [0.25, 0.3) is 0 Å². The number of benzene rings is 1. The van der Waals surface area contributed by atoms with Crippen molar-refractivity contribution in [2.45, 2.75) is 25.8 Å². The van der Waals surface area contributed by atoms with Gasteiger partial charge in [0.1, 0.15) is 0 Å². The normalized spacial score (nSPS) is 14.9. The van der Waals surface area contributed by atoms with Gasteiger partial charge in [-0.3, -0.25) is 4.79 Å². The van der Waals surface area contributed by atoms with E-state index in [1.807, 2.05) is 19.1 Å². The molecule has 6 heteroatoms. The number of halogens is 1. The highest BCUT2D eigenvalue weighted by molar-refractivity contribution is 14.1. The van der Waals surface area contributed by atoms with E-state index in [4.69, 9.17) is 10.9 Å². The second kappa shape index (κ2) is 6.03. The predicted octanol–water partition coefficient (Wildman–Crippen LogP) is 1.94. The Morgan fingerprint density at radius 1 is 1.56 bits per heavy atom. The number of oxime groups is 1. The van der Waals surface area contributed by atoms with E-state index in [0.717, 1.165) is 3.57 Å². The smallest absolute Gasteiger partial charge is 0.253 e. The number of carbonyl (C=O) groups is 1. The lowest BCUT2D eigenvalue weighted by atomic mass is 9.97. The van der Waals surface area contributed by atoms with Crippen molar-refractivity contribution in [3.8, 4) is 0 Å². The highest BCUT2D eigenvalue weighted by atomic mass is 127. The topological polar surface area (TPSA) is 87.7 Å². The van der Waals surface area contributed by atoms with Crippen LogP contribution in [0.5, 0.6) is 0 Å². The minimum Gasteiger partial charge on any atom is -0.409 e. The molecule has 1 amide bonds. The molecule has 5 nitrogen and oxygen atoms in total. The molecule has 1 aromatic carbocycles. The Hall–Kier alpha value is -1.31. The minimum atomic E-state index is -0.856. The lowest BCUT2D eigenvalue weighted by Crippen LogP contribution is -2.55. The van der Waals surface area contributed by atoms with Gasteiger partial charge in [0.2, 0.25) is 0 Å². The summed E-state index contributed by atoms with van der Waals surface area (Å²) in [6, 6.07) is 7.24. The lowest BCUT2D eigenvalue weighted by Gasteiger charge is -2.28. The quantitative estimate of drug-likeness (QED) is 0.252. The maximum Gasteiger partial charge on any atom is 0.253 e. The Kier molecular flexibility index (Phi) is 4.94. The molecule has 1 unspecified atom stereocenters. The fourth-order valence-corrected chi connectivity index (χ4v) is 2.04. The van der Waals surface area contributed by atoms with Crippen molar-refractivity contribution < 1.29 is 10.0 Å². The molecule has 0 aliphatic carbocycles. The third-order valence-electron chi connectivity index (χ3n) is 2.89. The van der Waals surface area contributed by atoms with Crippen molar-refractivity contribution in [3.63, 3.8) is 0 Å². The van der Waals surface area contributed by atoms with Crippen LogP contribution in [0, 0.1) is 3.57 Å². The van der Waals surface area contributed by atoms with Crippen molar-refractivity contribution >= 4 is 34.3 Å². The number of amides is 1. The van der Waals surface area contributed by atoms with E-state index in [-0.39, 0.29) is 11.7 Å². The fourth-order valence-electron chi connectivity index (χ4n) is 1.41. The highest BCUT2D eigenvalue weighted by Crippen LogP contribution is 2.15. The van der Waals surface area contributed by atoms with Crippen LogP contribution in [0.2, 0.25) is 0 Å². The molecule has 0 bridgehead atoms. The van der Waals surface area contributed by atoms with Gasteiger partial charge in [-0.05, 0) is 48.1 Å². The third kappa shape index (κ3) is 3.12. The number of nitrogens with two attached hydrogens (primary N) is 1. The van der Waals surface area contributed by atoms with Crippen LogP contribution in [0.15, 0.2) is 29.4 Å². The van der Waals surface area contributed by atoms with Crippen molar-refractivity contribution in [1.29, 1.82) is 0 Å². The zero-order valence-corrected chi connectivity index (χ0v) is 12.4. The zero-order valence-electron chi connectivity index (χ0n) is 10.3. The Morgan fingerprint density at radius 2 is 2.17 bits per heavy atom. The largest absolute Gasteiger partial charge is 0.409 e. The van der Waals surface area contributed by atoms with Gasteiger partial charge in [0.25, 0.3) is 5.91 Å². The minimum absolute atomic E-state index is 0.00992. The first-order valence-electron chi connectivity index (χ1n) is 5.49. The fraction of sp³-hybridized carbons (Fsp3) is 0.333. The number of hydrogen-bond acceptors (Lipinski definition) is 3. The SMILES string of the molecule is CCC(C)(NC(=O)c1ccccc1I)/C(N)=N/O. The molecule has 0 saturated heterocycles. The number of hydrogen-bond donors (Lipinski definition) is 3. The summed E-state index contributed by atoms with van der Waals surface area (Å²) in [5, 5.41) is 14.5. The maximum absolute atomic E-state index is 12.2. The first-order chi connectivity index (χ1) is 8.44. The Labute approximate surface area is 120 Å². The average molecular weight is 361 g/mol. The van der Waals surface area contributed by atoms with E-state index >= 15 is 0 Å². The molecule has 18 heavy (non-hydrogen) atoms. The van der Waals surface area contributed by atoms with E-state index in [2.05, 4.69) is 33.1 Å². The van der Waals surface area contributed by atoms with Gasteiger partial charge in [-0.15, -0.1) is 0 Å². The van der Waals surface area contributed by atoms with Crippen LogP contribution in [-0.2, 0) is 0 Å². The second-order valence-corrected chi connectivity index (χ2v) is 5.27. The standard InChI is InChI=1S/C12H16IN3O2/c1-3-12(2,11(14)16-18)15-10(17)8-6-4-5-7-9(8)13/h4-7,18H,3H2,1-2H3,(H2,14,16)(H,15,17). The van der Waals surface area contributed by atoms with Crippen molar-refractivity contribution in [2.75, 3.05) is 0 Å². The summed E-state index contributed by atoms with van der Waals surface area (Å²) in [4.78, 5) is 12.2. The van der Waals surface area contributed by atoms with E-state index in [1.54, 1.807) is 19.1 Å². The number of nitrogens with one attached hydrogen (secondary N) is 1. The number of nitrogens with zero attached hydrogens (tertiary/aromatic N) is 1. The van der Waals surface area contributed by atoms with Crippen molar-refractivity contribution in [2.24, 2.45) is 10.9 Å². The molecule has 0 aromatic heterocycles. The molecule has 0 radical (unpaired) electrons. The van der Waals surface area contributed by atoms with Gasteiger partial charge in [-0.25, -0.2) is 0 Å². The summed E-state index contributed by atoms with van der Waals surface area (Å²) in [7, 11) is 0. The lowest BCUT2D eigenvalue weighted by molar-refractivity contribution is 0.0924. The molecule has 0 saturated carbocycles. The van der Waals surface area contributed by atoms with E-state index in [9.17, 15) is 4.79 Å². The summed E-state index contributed by atoms with van der Waals surface area (Å²) in [6.45, 7) is 3.57. The molecule has 0 aliphatic rings. The highest BCUT2D eigenvalue weighted by Gasteiger charge is 2.30. The van der Waals surface area contributed by atoms with Gasteiger partial charge in [-0.1, -0.05) is 24.2 Å². The number of rotatable bonds is 4. The molecule has 4 N–H and O–H groups in total. The summed E-state index contributed by atoms with van der Waals surface area (Å²) < 4.78 is 0.852. The summed E-state index contributed by atoms with van der Waals surface area (Å²) >= 11 is 2.09. The molecule has 1 aromatic rings. The van der Waals surface area contributed by atoms with Gasteiger partial charge >= 0.3 is 0 Å². The van der Waals surface area contributed by atoms with Gasteiger partial charge in [-0.2, -0.15) is 0 Å². The maximum atomic E-state index is 12.2. The van der Waals surface area contributed by atoms with E-state index in [0.29, 0.717) is 12.0 Å². The number of amidine groups is 1. The van der Waals surface area contributed by atoms with Gasteiger partial charge in [0, 0.05) is 3.57 Å².